The fourth-order valence-corrected chi connectivity index (χ4v) is 3.33. The monoisotopic (exact) mass is 282 g/mol. The van der Waals surface area contributed by atoms with Gasteiger partial charge in [-0.05, 0) is 32.4 Å². The molecule has 0 aliphatic rings. The standard InChI is InChI=1S/C13H18N2O3S/c1-10-6-5-7-12(11(10)8-14)19(17,18)15(4)9-13(2,3)16/h5-7,16H,9H2,1-4H3. The van der Waals surface area contributed by atoms with Crippen molar-refractivity contribution in [2.24, 2.45) is 0 Å². The van der Waals surface area contributed by atoms with Gasteiger partial charge in [0.1, 0.15) is 11.0 Å². The minimum Gasteiger partial charge on any atom is -0.389 e. The van der Waals surface area contributed by atoms with E-state index in [0.29, 0.717) is 5.56 Å². The molecular formula is C13H18N2O3S. The molecule has 0 radical (unpaired) electrons. The van der Waals surface area contributed by atoms with Crippen LogP contribution in [0.15, 0.2) is 23.1 Å². The molecule has 0 spiro atoms. The van der Waals surface area contributed by atoms with E-state index in [2.05, 4.69) is 0 Å². The van der Waals surface area contributed by atoms with Crippen LogP contribution in [0.3, 0.4) is 0 Å². The number of nitriles is 1. The fraction of sp³-hybridized carbons (Fsp3) is 0.462. The number of benzene rings is 1. The molecule has 0 saturated carbocycles. The van der Waals surface area contributed by atoms with E-state index in [4.69, 9.17) is 5.26 Å². The maximum atomic E-state index is 12.4. The molecule has 0 fully saturated rings. The Hall–Kier alpha value is -1.42. The van der Waals surface area contributed by atoms with Gasteiger partial charge < -0.3 is 5.11 Å². The number of sulfonamides is 1. The van der Waals surface area contributed by atoms with Crippen LogP contribution in [0.5, 0.6) is 0 Å². The van der Waals surface area contributed by atoms with E-state index < -0.39 is 15.6 Å². The Kier molecular flexibility index (Phi) is 4.35. The van der Waals surface area contributed by atoms with E-state index in [9.17, 15) is 13.5 Å². The summed E-state index contributed by atoms with van der Waals surface area (Å²) in [7, 11) is -2.40. The number of aryl methyl sites for hydroxylation is 1. The van der Waals surface area contributed by atoms with Crippen molar-refractivity contribution in [2.75, 3.05) is 13.6 Å². The quantitative estimate of drug-likeness (QED) is 0.901. The van der Waals surface area contributed by atoms with Gasteiger partial charge in [-0.25, -0.2) is 8.42 Å². The number of hydrogen-bond donors (Lipinski definition) is 1. The second-order valence-electron chi connectivity index (χ2n) is 5.13. The summed E-state index contributed by atoms with van der Waals surface area (Å²) in [6.07, 6.45) is 0. The highest BCUT2D eigenvalue weighted by molar-refractivity contribution is 7.89. The average molecular weight is 282 g/mol. The average Bonchev–Trinajstić information content (AvgIpc) is 2.26. The maximum absolute atomic E-state index is 12.4. The van der Waals surface area contributed by atoms with Crippen molar-refractivity contribution in [3.63, 3.8) is 0 Å². The number of hydrogen-bond acceptors (Lipinski definition) is 4. The lowest BCUT2D eigenvalue weighted by atomic mass is 10.1. The lowest BCUT2D eigenvalue weighted by Crippen LogP contribution is -2.39. The van der Waals surface area contributed by atoms with Crippen LogP contribution in [0.4, 0.5) is 0 Å². The summed E-state index contributed by atoms with van der Waals surface area (Å²) in [6.45, 7) is 4.70. The molecule has 1 rings (SSSR count). The van der Waals surface area contributed by atoms with Gasteiger partial charge in [0, 0.05) is 13.6 Å². The second kappa shape index (κ2) is 5.29. The molecule has 0 aromatic heterocycles. The van der Waals surface area contributed by atoms with Gasteiger partial charge in [0.25, 0.3) is 0 Å². The molecule has 19 heavy (non-hydrogen) atoms. The largest absolute Gasteiger partial charge is 0.389 e. The van der Waals surface area contributed by atoms with E-state index in [1.54, 1.807) is 19.1 Å². The van der Waals surface area contributed by atoms with Gasteiger partial charge in [0.2, 0.25) is 10.0 Å². The normalized spacial score (nSPS) is 12.5. The first-order chi connectivity index (χ1) is 8.59. The second-order valence-corrected chi connectivity index (χ2v) is 7.15. The summed E-state index contributed by atoms with van der Waals surface area (Å²) in [5, 5.41) is 18.8. The molecular weight excluding hydrogens is 264 g/mol. The van der Waals surface area contributed by atoms with E-state index >= 15 is 0 Å². The van der Waals surface area contributed by atoms with Gasteiger partial charge in [0.15, 0.2) is 0 Å². The Morgan fingerprint density at radius 3 is 2.47 bits per heavy atom. The van der Waals surface area contributed by atoms with Crippen molar-refractivity contribution in [2.45, 2.75) is 31.3 Å². The molecule has 1 aromatic carbocycles. The van der Waals surface area contributed by atoms with Gasteiger partial charge in [-0.3, -0.25) is 0 Å². The number of aliphatic hydroxyl groups is 1. The molecule has 0 amide bonds. The Labute approximate surface area is 114 Å². The predicted octanol–water partition coefficient (Wildman–Crippen LogP) is 1.26. The zero-order valence-corrected chi connectivity index (χ0v) is 12.3. The highest BCUT2D eigenvalue weighted by atomic mass is 32.2. The van der Waals surface area contributed by atoms with Crippen molar-refractivity contribution in [3.05, 3.63) is 29.3 Å². The first kappa shape index (κ1) is 15.6. The van der Waals surface area contributed by atoms with Crippen LogP contribution >= 0.6 is 0 Å². The molecule has 0 atom stereocenters. The van der Waals surface area contributed by atoms with Gasteiger partial charge in [0.05, 0.1) is 11.2 Å². The van der Waals surface area contributed by atoms with Crippen LogP contribution in [0.1, 0.15) is 25.0 Å². The lowest BCUT2D eigenvalue weighted by molar-refractivity contribution is 0.0640. The summed E-state index contributed by atoms with van der Waals surface area (Å²) in [4.78, 5) is -0.0262. The topological polar surface area (TPSA) is 81.4 Å². The summed E-state index contributed by atoms with van der Waals surface area (Å²) < 4.78 is 25.9. The highest BCUT2D eigenvalue weighted by Gasteiger charge is 2.28. The Morgan fingerprint density at radius 2 is 2.00 bits per heavy atom. The Balaban J connectivity index is 3.30. The zero-order valence-electron chi connectivity index (χ0n) is 11.5. The summed E-state index contributed by atoms with van der Waals surface area (Å²) in [5.41, 5.74) is -0.385. The lowest BCUT2D eigenvalue weighted by Gasteiger charge is -2.25. The van der Waals surface area contributed by atoms with Crippen LogP contribution in [-0.4, -0.2) is 37.0 Å². The van der Waals surface area contributed by atoms with Crippen molar-refractivity contribution in [3.8, 4) is 6.07 Å². The first-order valence-electron chi connectivity index (χ1n) is 5.78. The van der Waals surface area contributed by atoms with Crippen molar-refractivity contribution >= 4 is 10.0 Å². The molecule has 6 heteroatoms. The minimum absolute atomic E-state index is 0.0262. The molecule has 1 aromatic rings. The highest BCUT2D eigenvalue weighted by Crippen LogP contribution is 2.22. The smallest absolute Gasteiger partial charge is 0.244 e. The molecule has 0 unspecified atom stereocenters. The van der Waals surface area contributed by atoms with E-state index in [1.807, 2.05) is 6.07 Å². The third-order valence-electron chi connectivity index (χ3n) is 2.64. The number of nitrogens with zero attached hydrogens (tertiary/aromatic N) is 2. The van der Waals surface area contributed by atoms with Crippen LogP contribution in [0.2, 0.25) is 0 Å². The zero-order chi connectivity index (χ0) is 14.8. The van der Waals surface area contributed by atoms with E-state index in [0.717, 1.165) is 4.31 Å². The number of rotatable bonds is 4. The van der Waals surface area contributed by atoms with Gasteiger partial charge >= 0.3 is 0 Å². The summed E-state index contributed by atoms with van der Waals surface area (Å²) in [5.74, 6) is 0. The molecule has 104 valence electrons. The van der Waals surface area contributed by atoms with Crippen LogP contribution in [0, 0.1) is 18.3 Å². The SMILES string of the molecule is Cc1cccc(S(=O)(=O)N(C)CC(C)(C)O)c1C#N. The van der Waals surface area contributed by atoms with Crippen LogP contribution in [-0.2, 0) is 10.0 Å². The van der Waals surface area contributed by atoms with Crippen molar-refractivity contribution in [1.29, 1.82) is 5.26 Å². The molecule has 0 bridgehead atoms. The van der Waals surface area contributed by atoms with Crippen molar-refractivity contribution < 1.29 is 13.5 Å². The summed E-state index contributed by atoms with van der Waals surface area (Å²) >= 11 is 0. The first-order valence-corrected chi connectivity index (χ1v) is 7.22. The molecule has 0 aliphatic heterocycles. The fourth-order valence-electron chi connectivity index (χ4n) is 1.80. The molecule has 5 nitrogen and oxygen atoms in total. The van der Waals surface area contributed by atoms with Crippen LogP contribution in [0.25, 0.3) is 0 Å². The molecule has 0 aliphatic carbocycles. The van der Waals surface area contributed by atoms with Crippen molar-refractivity contribution in [1.82, 2.24) is 4.31 Å². The minimum atomic E-state index is -3.79. The Morgan fingerprint density at radius 1 is 1.42 bits per heavy atom. The molecule has 0 saturated heterocycles. The number of likely N-dealkylation sites (N-methyl/N-ethyl adjacent to an activating group) is 1. The Bertz CT molecular complexity index is 610. The molecule has 1 N–H and O–H groups in total. The molecule has 0 heterocycles. The third-order valence-corrected chi connectivity index (χ3v) is 4.49. The van der Waals surface area contributed by atoms with Gasteiger partial charge in [-0.15, -0.1) is 0 Å². The third kappa shape index (κ3) is 3.53. The van der Waals surface area contributed by atoms with E-state index in [-0.39, 0.29) is 17.0 Å². The van der Waals surface area contributed by atoms with Gasteiger partial charge in [-0.1, -0.05) is 12.1 Å². The maximum Gasteiger partial charge on any atom is 0.244 e. The van der Waals surface area contributed by atoms with E-state index in [1.165, 1.54) is 27.0 Å². The van der Waals surface area contributed by atoms with Crippen LogP contribution < -0.4 is 0 Å². The summed E-state index contributed by atoms with van der Waals surface area (Å²) in [6, 6.07) is 6.61. The predicted molar refractivity (Wildman–Crippen MR) is 72.0 cm³/mol. The van der Waals surface area contributed by atoms with Gasteiger partial charge in [-0.2, -0.15) is 9.57 Å².